The summed E-state index contributed by atoms with van der Waals surface area (Å²) in [5.74, 6) is -1.19. The van der Waals surface area contributed by atoms with E-state index in [1.807, 2.05) is 63.4 Å². The van der Waals surface area contributed by atoms with Crippen LogP contribution < -0.4 is 10.6 Å². The smallest absolute Gasteiger partial charge is 0.376 e. The molecule has 4 heterocycles. The molecule has 1 amide bonds. The molecule has 0 spiro atoms. The number of hydrogen-bond donors (Lipinski definition) is 2. The number of amides is 1. The van der Waals surface area contributed by atoms with Crippen LogP contribution in [0.1, 0.15) is 73.9 Å². The van der Waals surface area contributed by atoms with Crippen LogP contribution in [0, 0.1) is 5.92 Å². The first-order chi connectivity index (χ1) is 22.7. The number of nitrogens with one attached hydrogen (secondary N) is 2. The maximum Gasteiger partial charge on any atom is 0.376 e. The number of hydrogen-bond acceptors (Lipinski definition) is 10. The predicted octanol–water partition coefficient (Wildman–Crippen LogP) is 4.98. The first-order valence-electron chi connectivity index (χ1n) is 16.4. The quantitative estimate of drug-likeness (QED) is 0.278. The summed E-state index contributed by atoms with van der Waals surface area (Å²) in [5.41, 5.74) is 2.76. The van der Waals surface area contributed by atoms with Gasteiger partial charge in [0, 0.05) is 25.2 Å². The molecule has 11 heteroatoms. The number of aromatic nitrogens is 2. The van der Waals surface area contributed by atoms with Crippen LogP contribution >= 0.6 is 0 Å². The Morgan fingerprint density at radius 1 is 1.02 bits per heavy atom. The standard InChI is InChI=1S/C36H43N5O6/c1-5-37-33(42)29-30-36(22-45-29,47-35(3,4)46-30)19-23-17-18-27-28(38-20-23)31(41-32(40-27)34(43)44-6-2)39-21-26(24-13-9-7-10-14-24)25-15-11-8-12-16-25/h7-16,20,23,26,29-30H,5-6,17-19,21-22H2,1-4H3,(H,37,42)(H,39,40,41)/t23-,29-,30+,36+/m0/s1. The fourth-order valence-electron chi connectivity index (χ4n) is 6.85. The SMILES string of the molecule is CCNC(=O)[C@H]1OC[C@@]2(C[C@H]3C=Nc4c(nc(C(=O)OCC)nc4NCC(c4ccccc4)c4ccccc4)CC3)OC(C)(C)O[C@H]12. The highest BCUT2D eigenvalue weighted by atomic mass is 16.8. The van der Waals surface area contributed by atoms with Crippen molar-refractivity contribution in [3.63, 3.8) is 0 Å². The zero-order valence-corrected chi connectivity index (χ0v) is 27.4. The summed E-state index contributed by atoms with van der Waals surface area (Å²) in [6, 6.07) is 20.6. The van der Waals surface area contributed by atoms with Crippen molar-refractivity contribution in [2.45, 2.75) is 76.5 Å². The van der Waals surface area contributed by atoms with Crippen LogP contribution in [0.3, 0.4) is 0 Å². The molecule has 0 bridgehead atoms. The number of anilines is 1. The molecule has 2 N–H and O–H groups in total. The molecule has 0 radical (unpaired) electrons. The van der Waals surface area contributed by atoms with E-state index < -0.39 is 29.6 Å². The first kappa shape index (κ1) is 32.7. The molecule has 2 aromatic carbocycles. The fraction of sp³-hybridized carbons (Fsp3) is 0.472. The Labute approximate surface area is 275 Å². The normalized spacial score (nSPS) is 24.3. The van der Waals surface area contributed by atoms with Gasteiger partial charge in [-0.05, 0) is 64.0 Å². The monoisotopic (exact) mass is 641 g/mol. The van der Waals surface area contributed by atoms with E-state index in [-0.39, 0.29) is 36.8 Å². The molecule has 3 aliphatic heterocycles. The molecular formula is C36H43N5O6. The average molecular weight is 642 g/mol. The van der Waals surface area contributed by atoms with Gasteiger partial charge in [-0.15, -0.1) is 0 Å². The maximum absolute atomic E-state index is 12.9. The van der Waals surface area contributed by atoms with Crippen LogP contribution in [0.2, 0.25) is 0 Å². The van der Waals surface area contributed by atoms with E-state index in [2.05, 4.69) is 44.9 Å². The van der Waals surface area contributed by atoms with Crippen molar-refractivity contribution < 1.29 is 28.5 Å². The first-order valence-corrected chi connectivity index (χ1v) is 16.4. The van der Waals surface area contributed by atoms with E-state index in [9.17, 15) is 9.59 Å². The number of carbonyl (C=O) groups excluding carboxylic acids is 2. The highest BCUT2D eigenvalue weighted by Gasteiger charge is 2.62. The summed E-state index contributed by atoms with van der Waals surface area (Å²) in [4.78, 5) is 39.9. The third kappa shape index (κ3) is 7.07. The highest BCUT2D eigenvalue weighted by molar-refractivity contribution is 5.87. The zero-order valence-electron chi connectivity index (χ0n) is 27.4. The van der Waals surface area contributed by atoms with Gasteiger partial charge < -0.3 is 29.6 Å². The van der Waals surface area contributed by atoms with Gasteiger partial charge >= 0.3 is 5.97 Å². The third-order valence-corrected chi connectivity index (χ3v) is 8.84. The lowest BCUT2D eigenvalue weighted by Crippen LogP contribution is -2.47. The lowest BCUT2D eigenvalue weighted by Gasteiger charge is -2.29. The highest BCUT2D eigenvalue weighted by Crippen LogP contribution is 2.47. The van der Waals surface area contributed by atoms with E-state index >= 15 is 0 Å². The summed E-state index contributed by atoms with van der Waals surface area (Å²) in [6.07, 6.45) is 2.39. The van der Waals surface area contributed by atoms with E-state index in [4.69, 9.17) is 23.9 Å². The number of fused-ring (bicyclic) bond motifs is 2. The molecule has 6 rings (SSSR count). The van der Waals surface area contributed by atoms with E-state index in [0.717, 1.165) is 11.1 Å². The number of aryl methyl sites for hydroxylation is 1. The Bertz CT molecular complexity index is 1560. The average Bonchev–Trinajstić information content (AvgIpc) is 3.42. The van der Waals surface area contributed by atoms with E-state index in [0.29, 0.717) is 49.6 Å². The third-order valence-electron chi connectivity index (χ3n) is 8.84. The minimum absolute atomic E-state index is 0.000345. The van der Waals surface area contributed by atoms with Crippen molar-refractivity contribution in [1.82, 2.24) is 15.3 Å². The number of carbonyl (C=O) groups is 2. The minimum atomic E-state index is -0.866. The van der Waals surface area contributed by atoms with Crippen LogP contribution in [-0.4, -0.2) is 78.0 Å². The van der Waals surface area contributed by atoms with Crippen LogP contribution in [0.15, 0.2) is 65.7 Å². The summed E-state index contributed by atoms with van der Waals surface area (Å²) in [5, 5.41) is 6.37. The number of benzene rings is 2. The number of aliphatic imine (C=N–C) groups is 1. The van der Waals surface area contributed by atoms with Crippen molar-refractivity contribution in [1.29, 1.82) is 0 Å². The van der Waals surface area contributed by atoms with Gasteiger partial charge in [0.1, 0.15) is 17.4 Å². The van der Waals surface area contributed by atoms with Gasteiger partial charge in [-0.3, -0.25) is 9.79 Å². The lowest BCUT2D eigenvalue weighted by atomic mass is 9.84. The second kappa shape index (κ2) is 13.9. The van der Waals surface area contributed by atoms with Crippen LogP contribution in [-0.2, 0) is 30.2 Å². The van der Waals surface area contributed by atoms with Gasteiger partial charge in [0.05, 0.1) is 18.9 Å². The molecule has 248 valence electrons. The maximum atomic E-state index is 12.9. The number of esters is 1. The number of nitrogens with zero attached hydrogens (tertiary/aromatic N) is 3. The molecule has 1 aromatic heterocycles. The number of rotatable bonds is 11. The van der Waals surface area contributed by atoms with Gasteiger partial charge in [-0.25, -0.2) is 14.8 Å². The fourth-order valence-corrected chi connectivity index (χ4v) is 6.85. The molecule has 3 aromatic rings. The van der Waals surface area contributed by atoms with Crippen LogP contribution in [0.5, 0.6) is 0 Å². The Balaban J connectivity index is 1.28. The second-order valence-corrected chi connectivity index (χ2v) is 12.7. The van der Waals surface area contributed by atoms with E-state index in [1.165, 1.54) is 0 Å². The minimum Gasteiger partial charge on any atom is -0.460 e. The van der Waals surface area contributed by atoms with Crippen molar-refractivity contribution in [3.05, 3.63) is 83.3 Å². The van der Waals surface area contributed by atoms with Crippen molar-refractivity contribution in [3.8, 4) is 0 Å². The molecule has 2 saturated heterocycles. The molecule has 0 aliphatic carbocycles. The van der Waals surface area contributed by atoms with Crippen molar-refractivity contribution in [2.75, 3.05) is 31.6 Å². The molecule has 47 heavy (non-hydrogen) atoms. The summed E-state index contributed by atoms with van der Waals surface area (Å²) in [7, 11) is 0. The van der Waals surface area contributed by atoms with Crippen molar-refractivity contribution >= 4 is 29.6 Å². The molecule has 11 nitrogen and oxygen atoms in total. The van der Waals surface area contributed by atoms with E-state index in [1.54, 1.807) is 6.92 Å². The molecule has 2 fully saturated rings. The predicted molar refractivity (Wildman–Crippen MR) is 177 cm³/mol. The van der Waals surface area contributed by atoms with Crippen LogP contribution in [0.4, 0.5) is 11.5 Å². The van der Waals surface area contributed by atoms with Gasteiger partial charge in [-0.1, -0.05) is 60.7 Å². The largest absolute Gasteiger partial charge is 0.460 e. The topological polar surface area (TPSA) is 133 Å². The molecule has 3 aliphatic rings. The Morgan fingerprint density at radius 3 is 2.38 bits per heavy atom. The lowest BCUT2D eigenvalue weighted by molar-refractivity contribution is -0.192. The number of likely N-dealkylation sites (N-methyl/N-ethyl adjacent to an activating group) is 1. The van der Waals surface area contributed by atoms with Crippen LogP contribution in [0.25, 0.3) is 0 Å². The van der Waals surface area contributed by atoms with Gasteiger partial charge in [0.2, 0.25) is 5.82 Å². The number of ether oxygens (including phenoxy) is 4. The molecule has 0 saturated carbocycles. The summed E-state index contributed by atoms with van der Waals surface area (Å²) < 4.78 is 24.0. The second-order valence-electron chi connectivity index (χ2n) is 12.7. The van der Waals surface area contributed by atoms with Gasteiger partial charge in [0.25, 0.3) is 5.91 Å². The Hall–Kier alpha value is -4.19. The Morgan fingerprint density at radius 2 is 1.72 bits per heavy atom. The summed E-state index contributed by atoms with van der Waals surface area (Å²) >= 11 is 0. The van der Waals surface area contributed by atoms with Gasteiger partial charge in [-0.2, -0.15) is 0 Å². The Kier molecular flexibility index (Phi) is 9.67. The zero-order chi connectivity index (χ0) is 33.0. The molecule has 4 atom stereocenters. The van der Waals surface area contributed by atoms with Gasteiger partial charge in [0.15, 0.2) is 17.7 Å². The molecule has 0 unspecified atom stereocenters. The van der Waals surface area contributed by atoms with Crippen molar-refractivity contribution in [2.24, 2.45) is 10.9 Å². The summed E-state index contributed by atoms with van der Waals surface area (Å²) in [6.45, 7) is 8.82. The molecular weight excluding hydrogens is 598 g/mol.